The number of aliphatic hydroxyl groups excluding tert-OH is 1. The molecule has 0 radical (unpaired) electrons. The van der Waals surface area contributed by atoms with Gasteiger partial charge in [-0.25, -0.2) is 0 Å². The predicted octanol–water partition coefficient (Wildman–Crippen LogP) is 0.719. The number of carbonyl (C=O) groups excluding carboxylic acids is 1. The number of amides is 1. The molecule has 0 aliphatic carbocycles. The summed E-state index contributed by atoms with van der Waals surface area (Å²) in [6, 6.07) is 7.41. The monoisotopic (exact) mass is 221 g/mol. The molecule has 1 fully saturated rings. The lowest BCUT2D eigenvalue weighted by molar-refractivity contribution is -0.128. The number of ether oxygens (including phenoxy) is 1. The number of rotatable bonds is 2. The van der Waals surface area contributed by atoms with E-state index in [0.717, 1.165) is 11.3 Å². The van der Waals surface area contributed by atoms with Crippen molar-refractivity contribution in [3.8, 4) is 0 Å². The normalized spacial score (nSPS) is 21.2. The second kappa shape index (κ2) is 4.63. The van der Waals surface area contributed by atoms with Crippen molar-refractivity contribution in [3.63, 3.8) is 0 Å². The third-order valence-corrected chi connectivity index (χ3v) is 2.69. The van der Waals surface area contributed by atoms with E-state index in [9.17, 15) is 9.90 Å². The van der Waals surface area contributed by atoms with Crippen molar-refractivity contribution < 1.29 is 14.6 Å². The molecule has 0 bridgehead atoms. The fourth-order valence-electron chi connectivity index (χ4n) is 1.82. The molecule has 1 aliphatic heterocycles. The highest BCUT2D eigenvalue weighted by Gasteiger charge is 2.29. The molecule has 4 heteroatoms. The molecule has 1 unspecified atom stereocenters. The number of hydrogen-bond donors (Lipinski definition) is 1. The van der Waals surface area contributed by atoms with Gasteiger partial charge in [-0.1, -0.05) is 17.7 Å². The molecular weight excluding hydrogens is 206 g/mol. The van der Waals surface area contributed by atoms with Crippen molar-refractivity contribution in [2.24, 2.45) is 0 Å². The minimum absolute atomic E-state index is 0.0837. The molecule has 1 amide bonds. The maximum absolute atomic E-state index is 11.7. The highest BCUT2D eigenvalue weighted by molar-refractivity contribution is 5.95. The molecule has 1 aliphatic rings. The van der Waals surface area contributed by atoms with Crippen LogP contribution in [0.25, 0.3) is 0 Å². The fourth-order valence-corrected chi connectivity index (χ4v) is 1.82. The average Bonchev–Trinajstić information content (AvgIpc) is 2.30. The number of morpholine rings is 1. The van der Waals surface area contributed by atoms with Crippen LogP contribution in [0, 0.1) is 6.92 Å². The van der Waals surface area contributed by atoms with E-state index in [4.69, 9.17) is 4.74 Å². The quantitative estimate of drug-likeness (QED) is 0.800. The topological polar surface area (TPSA) is 49.8 Å². The van der Waals surface area contributed by atoms with Gasteiger partial charge in [0.25, 0.3) is 5.91 Å². The molecular formula is C12H15NO3. The Morgan fingerprint density at radius 1 is 1.44 bits per heavy atom. The van der Waals surface area contributed by atoms with Crippen LogP contribution in [-0.4, -0.2) is 36.9 Å². The molecule has 0 spiro atoms. The van der Waals surface area contributed by atoms with Crippen molar-refractivity contribution in [2.75, 3.05) is 24.7 Å². The summed E-state index contributed by atoms with van der Waals surface area (Å²) in [5.74, 6) is -0.103. The first-order valence-electron chi connectivity index (χ1n) is 5.29. The fraction of sp³-hybridized carbons (Fsp3) is 0.417. The summed E-state index contributed by atoms with van der Waals surface area (Å²) in [5.41, 5.74) is 1.96. The second-order valence-corrected chi connectivity index (χ2v) is 3.95. The van der Waals surface area contributed by atoms with Crippen molar-refractivity contribution in [2.45, 2.75) is 13.0 Å². The van der Waals surface area contributed by atoms with Crippen LogP contribution in [0.15, 0.2) is 24.3 Å². The number of anilines is 1. The van der Waals surface area contributed by atoms with Gasteiger partial charge in [-0.15, -0.1) is 0 Å². The van der Waals surface area contributed by atoms with Crippen molar-refractivity contribution in [1.82, 2.24) is 0 Å². The van der Waals surface area contributed by atoms with Gasteiger partial charge < -0.3 is 14.7 Å². The Morgan fingerprint density at radius 3 is 2.75 bits per heavy atom. The molecule has 16 heavy (non-hydrogen) atoms. The molecule has 0 saturated carbocycles. The molecule has 86 valence electrons. The van der Waals surface area contributed by atoms with E-state index in [1.165, 1.54) is 0 Å². The number of hydrogen-bond acceptors (Lipinski definition) is 3. The molecule has 1 atom stereocenters. The Hall–Kier alpha value is -1.39. The third-order valence-electron chi connectivity index (χ3n) is 2.69. The van der Waals surface area contributed by atoms with E-state index >= 15 is 0 Å². The predicted molar refractivity (Wildman–Crippen MR) is 60.4 cm³/mol. The first-order valence-corrected chi connectivity index (χ1v) is 5.29. The van der Waals surface area contributed by atoms with Gasteiger partial charge in [0, 0.05) is 5.69 Å². The number of nitrogens with zero attached hydrogens (tertiary/aromatic N) is 1. The number of aliphatic hydroxyl groups is 1. The van der Waals surface area contributed by atoms with Crippen LogP contribution in [0.2, 0.25) is 0 Å². The van der Waals surface area contributed by atoms with E-state index in [0.29, 0.717) is 6.61 Å². The van der Waals surface area contributed by atoms with Crippen LogP contribution >= 0.6 is 0 Å². The van der Waals surface area contributed by atoms with E-state index in [2.05, 4.69) is 0 Å². The molecule has 2 rings (SSSR count). The average molecular weight is 221 g/mol. The molecule has 1 saturated heterocycles. The number of benzene rings is 1. The Morgan fingerprint density at radius 2 is 2.12 bits per heavy atom. The highest BCUT2D eigenvalue weighted by atomic mass is 16.5. The summed E-state index contributed by atoms with van der Waals surface area (Å²) in [6.07, 6.45) is 0. The van der Waals surface area contributed by atoms with E-state index < -0.39 is 0 Å². The first kappa shape index (κ1) is 11.1. The van der Waals surface area contributed by atoms with Gasteiger partial charge in [-0.2, -0.15) is 0 Å². The lowest BCUT2D eigenvalue weighted by Crippen LogP contribution is -2.51. The first-order chi connectivity index (χ1) is 7.72. The Labute approximate surface area is 94.4 Å². The van der Waals surface area contributed by atoms with Crippen molar-refractivity contribution in [1.29, 1.82) is 0 Å². The van der Waals surface area contributed by atoms with Gasteiger partial charge in [0.1, 0.15) is 6.61 Å². The summed E-state index contributed by atoms with van der Waals surface area (Å²) < 4.78 is 5.11. The summed E-state index contributed by atoms with van der Waals surface area (Å²) in [4.78, 5) is 13.4. The Bertz CT molecular complexity index is 374. The summed E-state index contributed by atoms with van der Waals surface area (Å²) in [6.45, 7) is 2.38. The van der Waals surface area contributed by atoms with Crippen LogP contribution in [-0.2, 0) is 9.53 Å². The smallest absolute Gasteiger partial charge is 0.253 e. The van der Waals surface area contributed by atoms with Crippen molar-refractivity contribution >= 4 is 11.6 Å². The van der Waals surface area contributed by atoms with Gasteiger partial charge in [0.15, 0.2) is 0 Å². The molecule has 1 N–H and O–H groups in total. The van der Waals surface area contributed by atoms with Crippen LogP contribution in [0.3, 0.4) is 0 Å². The minimum atomic E-state index is -0.274. The summed E-state index contributed by atoms with van der Waals surface area (Å²) in [7, 11) is 0. The Balaban J connectivity index is 2.28. The molecule has 1 heterocycles. The summed E-state index contributed by atoms with van der Waals surface area (Å²) in [5, 5.41) is 9.22. The maximum Gasteiger partial charge on any atom is 0.253 e. The SMILES string of the molecule is Cc1ccc(N2C(=O)COCC2CO)cc1. The van der Waals surface area contributed by atoms with Gasteiger partial charge in [-0.05, 0) is 19.1 Å². The zero-order valence-electron chi connectivity index (χ0n) is 9.22. The zero-order chi connectivity index (χ0) is 11.5. The van der Waals surface area contributed by atoms with Crippen molar-refractivity contribution in [3.05, 3.63) is 29.8 Å². The van der Waals surface area contributed by atoms with Gasteiger partial charge in [-0.3, -0.25) is 4.79 Å². The molecule has 1 aromatic rings. The lowest BCUT2D eigenvalue weighted by Gasteiger charge is -2.34. The van der Waals surface area contributed by atoms with E-state index in [-0.39, 0.29) is 25.2 Å². The molecule has 4 nitrogen and oxygen atoms in total. The Kier molecular flexibility index (Phi) is 3.22. The standard InChI is InChI=1S/C12H15NO3/c1-9-2-4-10(5-3-9)13-11(6-14)7-16-8-12(13)15/h2-5,11,14H,6-8H2,1H3. The highest BCUT2D eigenvalue weighted by Crippen LogP contribution is 2.20. The molecule has 1 aromatic carbocycles. The summed E-state index contributed by atoms with van der Waals surface area (Å²) >= 11 is 0. The molecule has 0 aromatic heterocycles. The van der Waals surface area contributed by atoms with Gasteiger partial charge in [0.05, 0.1) is 19.3 Å². The lowest BCUT2D eigenvalue weighted by atomic mass is 10.1. The van der Waals surface area contributed by atoms with Gasteiger partial charge in [0.2, 0.25) is 0 Å². The van der Waals surface area contributed by atoms with Crippen LogP contribution in [0.5, 0.6) is 0 Å². The van der Waals surface area contributed by atoms with Crippen LogP contribution < -0.4 is 4.90 Å². The maximum atomic E-state index is 11.7. The largest absolute Gasteiger partial charge is 0.394 e. The van der Waals surface area contributed by atoms with E-state index in [1.54, 1.807) is 4.90 Å². The van der Waals surface area contributed by atoms with Crippen LogP contribution in [0.1, 0.15) is 5.56 Å². The third kappa shape index (κ3) is 2.08. The minimum Gasteiger partial charge on any atom is -0.394 e. The van der Waals surface area contributed by atoms with E-state index in [1.807, 2.05) is 31.2 Å². The zero-order valence-corrected chi connectivity index (χ0v) is 9.22. The number of aryl methyl sites for hydroxylation is 1. The van der Waals surface area contributed by atoms with Gasteiger partial charge >= 0.3 is 0 Å². The second-order valence-electron chi connectivity index (χ2n) is 3.95. The number of carbonyl (C=O) groups is 1. The van der Waals surface area contributed by atoms with Crippen LogP contribution in [0.4, 0.5) is 5.69 Å².